The van der Waals surface area contributed by atoms with Gasteiger partial charge in [-0.25, -0.2) is 0 Å². The Morgan fingerprint density at radius 3 is 1.96 bits per heavy atom. The standard InChI is InChI=1S/C23H38BrN/c1-5-6-7-8-9-10-11-12-13-14-15-21-16-17-22(20(4)25)23(18(21)2)19(3)24/h16-17,19,25H,5-15H2,1-4H3. The fourth-order valence-corrected chi connectivity index (χ4v) is 4.28. The van der Waals surface area contributed by atoms with Crippen molar-refractivity contribution < 1.29 is 0 Å². The predicted octanol–water partition coefficient (Wildman–Crippen LogP) is 8.30. The van der Waals surface area contributed by atoms with Gasteiger partial charge < -0.3 is 5.41 Å². The Kier molecular flexibility index (Phi) is 11.4. The molecule has 0 aliphatic carbocycles. The largest absolute Gasteiger partial charge is 0.305 e. The van der Waals surface area contributed by atoms with Crippen LogP contribution in [-0.2, 0) is 6.42 Å². The number of halogens is 1. The number of hydrogen-bond acceptors (Lipinski definition) is 1. The molecule has 0 radical (unpaired) electrons. The molecule has 1 aromatic carbocycles. The Morgan fingerprint density at radius 2 is 1.48 bits per heavy atom. The summed E-state index contributed by atoms with van der Waals surface area (Å²) in [6.07, 6.45) is 15.0. The van der Waals surface area contributed by atoms with Crippen molar-refractivity contribution >= 4 is 21.6 Å². The molecule has 0 saturated heterocycles. The first-order valence-corrected chi connectivity index (χ1v) is 11.2. The number of aryl methyl sites for hydroxylation is 1. The van der Waals surface area contributed by atoms with Gasteiger partial charge in [0.1, 0.15) is 0 Å². The Labute approximate surface area is 164 Å². The third kappa shape index (κ3) is 8.07. The minimum atomic E-state index is 0.301. The third-order valence-electron chi connectivity index (χ3n) is 5.23. The van der Waals surface area contributed by atoms with E-state index in [4.69, 9.17) is 5.41 Å². The number of nitrogens with one attached hydrogen (secondary N) is 1. The molecule has 1 unspecified atom stereocenters. The molecular formula is C23H38BrN. The van der Waals surface area contributed by atoms with Crippen LogP contribution in [0, 0.1) is 12.3 Å². The molecule has 1 nitrogen and oxygen atoms in total. The second-order valence-corrected chi connectivity index (χ2v) is 8.86. The summed E-state index contributed by atoms with van der Waals surface area (Å²) < 4.78 is 0. The maximum absolute atomic E-state index is 8.00. The Bertz CT molecular complexity index is 519. The van der Waals surface area contributed by atoms with Gasteiger partial charge in [0.05, 0.1) is 0 Å². The van der Waals surface area contributed by atoms with E-state index in [1.807, 2.05) is 6.92 Å². The number of benzene rings is 1. The molecule has 142 valence electrons. The monoisotopic (exact) mass is 407 g/mol. The lowest BCUT2D eigenvalue weighted by molar-refractivity contribution is 0.556. The molecule has 1 atom stereocenters. The first kappa shape index (κ1) is 22.4. The van der Waals surface area contributed by atoms with Gasteiger partial charge in [0.25, 0.3) is 0 Å². The van der Waals surface area contributed by atoms with Crippen LogP contribution in [0.25, 0.3) is 0 Å². The van der Waals surface area contributed by atoms with E-state index in [1.165, 1.54) is 87.3 Å². The summed E-state index contributed by atoms with van der Waals surface area (Å²) in [7, 11) is 0. The molecule has 0 aliphatic rings. The van der Waals surface area contributed by atoms with Crippen LogP contribution >= 0.6 is 15.9 Å². The van der Waals surface area contributed by atoms with E-state index >= 15 is 0 Å². The molecule has 2 heteroatoms. The SMILES string of the molecule is CCCCCCCCCCCCc1ccc(C(C)=N)c(C(C)Br)c1C. The summed E-state index contributed by atoms with van der Waals surface area (Å²) in [6.45, 7) is 8.56. The van der Waals surface area contributed by atoms with Crippen LogP contribution in [0.4, 0.5) is 0 Å². The second kappa shape index (κ2) is 12.7. The van der Waals surface area contributed by atoms with Crippen molar-refractivity contribution in [3.8, 4) is 0 Å². The quantitative estimate of drug-likeness (QED) is 0.193. The molecule has 0 aromatic heterocycles. The first-order chi connectivity index (χ1) is 12.0. The van der Waals surface area contributed by atoms with Crippen molar-refractivity contribution in [2.45, 2.75) is 103 Å². The summed E-state index contributed by atoms with van der Waals surface area (Å²) >= 11 is 3.72. The Morgan fingerprint density at radius 1 is 0.960 bits per heavy atom. The van der Waals surface area contributed by atoms with Crippen molar-refractivity contribution in [2.75, 3.05) is 0 Å². The maximum atomic E-state index is 8.00. The molecule has 25 heavy (non-hydrogen) atoms. The Balaban J connectivity index is 2.36. The van der Waals surface area contributed by atoms with Crippen molar-refractivity contribution in [1.29, 1.82) is 5.41 Å². The molecule has 1 N–H and O–H groups in total. The van der Waals surface area contributed by atoms with Crippen molar-refractivity contribution in [1.82, 2.24) is 0 Å². The highest BCUT2D eigenvalue weighted by Crippen LogP contribution is 2.31. The lowest BCUT2D eigenvalue weighted by Gasteiger charge is -2.18. The van der Waals surface area contributed by atoms with Crippen LogP contribution in [-0.4, -0.2) is 5.71 Å². The van der Waals surface area contributed by atoms with Crippen LogP contribution < -0.4 is 0 Å². The number of rotatable bonds is 13. The zero-order valence-electron chi connectivity index (χ0n) is 16.9. The van der Waals surface area contributed by atoms with Crippen molar-refractivity contribution in [3.63, 3.8) is 0 Å². The summed E-state index contributed by atoms with van der Waals surface area (Å²) in [5, 5.41) is 8.00. The molecule has 0 bridgehead atoms. The van der Waals surface area contributed by atoms with E-state index in [-0.39, 0.29) is 0 Å². The van der Waals surface area contributed by atoms with Gasteiger partial charge in [-0.15, -0.1) is 0 Å². The summed E-state index contributed by atoms with van der Waals surface area (Å²) in [4.78, 5) is 0.301. The van der Waals surface area contributed by atoms with Crippen LogP contribution in [0.1, 0.15) is 112 Å². The topological polar surface area (TPSA) is 23.9 Å². The molecule has 0 saturated carbocycles. The zero-order valence-corrected chi connectivity index (χ0v) is 18.5. The normalized spacial score (nSPS) is 12.4. The number of alkyl halides is 1. The zero-order chi connectivity index (χ0) is 18.7. The van der Waals surface area contributed by atoms with Gasteiger partial charge in [0.15, 0.2) is 0 Å². The first-order valence-electron chi connectivity index (χ1n) is 10.3. The maximum Gasteiger partial charge on any atom is 0.0376 e. The molecule has 0 aliphatic heterocycles. The van der Waals surface area contributed by atoms with Gasteiger partial charge in [0, 0.05) is 10.5 Å². The van der Waals surface area contributed by atoms with E-state index in [0.29, 0.717) is 10.5 Å². The van der Waals surface area contributed by atoms with Crippen LogP contribution in [0.15, 0.2) is 12.1 Å². The third-order valence-corrected chi connectivity index (χ3v) is 5.69. The van der Waals surface area contributed by atoms with E-state index in [0.717, 1.165) is 5.56 Å². The summed E-state index contributed by atoms with van der Waals surface area (Å²) in [5.74, 6) is 0. The molecule has 0 heterocycles. The second-order valence-electron chi connectivity index (χ2n) is 7.48. The highest BCUT2D eigenvalue weighted by molar-refractivity contribution is 9.09. The van der Waals surface area contributed by atoms with E-state index in [2.05, 4.69) is 48.8 Å². The molecule has 0 fully saturated rings. The average Bonchev–Trinajstić information content (AvgIpc) is 2.56. The van der Waals surface area contributed by atoms with Crippen LogP contribution in [0.2, 0.25) is 0 Å². The van der Waals surface area contributed by atoms with Gasteiger partial charge in [0.2, 0.25) is 0 Å². The minimum absolute atomic E-state index is 0.301. The molecular weight excluding hydrogens is 370 g/mol. The fourth-order valence-electron chi connectivity index (χ4n) is 3.69. The molecule has 0 spiro atoms. The summed E-state index contributed by atoms with van der Waals surface area (Å²) in [5.41, 5.74) is 5.90. The van der Waals surface area contributed by atoms with Crippen LogP contribution in [0.5, 0.6) is 0 Å². The van der Waals surface area contributed by atoms with Gasteiger partial charge in [-0.1, -0.05) is 92.8 Å². The van der Waals surface area contributed by atoms with Crippen molar-refractivity contribution in [3.05, 3.63) is 34.4 Å². The van der Waals surface area contributed by atoms with Crippen LogP contribution in [0.3, 0.4) is 0 Å². The highest BCUT2D eigenvalue weighted by atomic mass is 79.9. The lowest BCUT2D eigenvalue weighted by atomic mass is 9.91. The van der Waals surface area contributed by atoms with E-state index in [9.17, 15) is 0 Å². The highest BCUT2D eigenvalue weighted by Gasteiger charge is 2.15. The lowest BCUT2D eigenvalue weighted by Crippen LogP contribution is -2.05. The van der Waals surface area contributed by atoms with E-state index < -0.39 is 0 Å². The fraction of sp³-hybridized carbons (Fsp3) is 0.696. The number of hydrogen-bond donors (Lipinski definition) is 1. The number of unbranched alkanes of at least 4 members (excludes halogenated alkanes) is 9. The summed E-state index contributed by atoms with van der Waals surface area (Å²) in [6, 6.07) is 4.39. The van der Waals surface area contributed by atoms with Gasteiger partial charge in [-0.2, -0.15) is 0 Å². The van der Waals surface area contributed by atoms with Crippen molar-refractivity contribution in [2.24, 2.45) is 0 Å². The van der Waals surface area contributed by atoms with Gasteiger partial charge >= 0.3 is 0 Å². The molecule has 0 amide bonds. The molecule has 1 aromatic rings. The van der Waals surface area contributed by atoms with Gasteiger partial charge in [-0.05, 0) is 55.9 Å². The van der Waals surface area contributed by atoms with Gasteiger partial charge in [-0.3, -0.25) is 0 Å². The molecule has 1 rings (SSSR count). The predicted molar refractivity (Wildman–Crippen MR) is 117 cm³/mol. The Hall–Kier alpha value is -0.630. The average molecular weight is 408 g/mol. The smallest absolute Gasteiger partial charge is 0.0376 e. The van der Waals surface area contributed by atoms with E-state index in [1.54, 1.807) is 0 Å². The minimum Gasteiger partial charge on any atom is -0.305 e.